The number of fused-ring (bicyclic) bond motifs is 2. The fraction of sp³-hybridized carbons (Fsp3) is 0.174. The van der Waals surface area contributed by atoms with Gasteiger partial charge in [0.15, 0.2) is 5.65 Å². The number of hydrogen-bond acceptors (Lipinski definition) is 6. The molecular weight excluding hydrogens is 451 g/mol. The topological polar surface area (TPSA) is 112 Å². The summed E-state index contributed by atoms with van der Waals surface area (Å²) in [7, 11) is 0. The first-order valence-electron chi connectivity index (χ1n) is 10.3. The quantitative estimate of drug-likeness (QED) is 0.361. The van der Waals surface area contributed by atoms with E-state index < -0.39 is 18.4 Å². The van der Waals surface area contributed by atoms with Crippen LogP contribution < -0.4 is 15.4 Å². The Labute approximate surface area is 190 Å². The average Bonchev–Trinajstić information content (AvgIpc) is 3.26. The Balaban J connectivity index is 1.46. The van der Waals surface area contributed by atoms with E-state index in [9.17, 15) is 23.1 Å². The molecule has 2 aromatic carbocycles. The summed E-state index contributed by atoms with van der Waals surface area (Å²) in [4.78, 5) is 17.4. The second-order valence-electron chi connectivity index (χ2n) is 7.73. The minimum atomic E-state index is -4.79. The lowest BCUT2D eigenvalue weighted by Crippen LogP contribution is -2.29. The summed E-state index contributed by atoms with van der Waals surface area (Å²) in [5.41, 5.74) is 4.04. The van der Waals surface area contributed by atoms with E-state index in [-0.39, 0.29) is 5.75 Å². The van der Waals surface area contributed by atoms with Crippen LogP contribution in [0.3, 0.4) is 0 Å². The highest BCUT2D eigenvalue weighted by Crippen LogP contribution is 2.37. The molecule has 0 fully saturated rings. The van der Waals surface area contributed by atoms with Gasteiger partial charge in [0.2, 0.25) is 0 Å². The highest BCUT2D eigenvalue weighted by atomic mass is 19.4. The minimum Gasteiger partial charge on any atom is -0.406 e. The Hall–Kier alpha value is -3.96. The molecule has 174 valence electrons. The summed E-state index contributed by atoms with van der Waals surface area (Å²) in [5, 5.41) is 24.1. The molecule has 4 N–H and O–H groups in total. The number of halogens is 3. The molecule has 1 unspecified atom stereocenters. The van der Waals surface area contributed by atoms with Crippen LogP contribution in [0.5, 0.6) is 5.75 Å². The maximum atomic E-state index is 12.9. The number of β-amino-alcohol motifs (C(OH)–C–C–N with tert-alkyl or cyclic N) is 1. The van der Waals surface area contributed by atoms with Crippen molar-refractivity contribution in [1.82, 2.24) is 20.5 Å². The maximum Gasteiger partial charge on any atom is 0.573 e. The lowest BCUT2D eigenvalue weighted by molar-refractivity contribution is -0.274. The number of amides is 1. The molecule has 2 aromatic heterocycles. The normalized spacial score (nSPS) is 15.7. The molecule has 4 aromatic rings. The van der Waals surface area contributed by atoms with Crippen LogP contribution in [0.4, 0.5) is 18.9 Å². The number of carbonyl (C=O) groups excluding carboxylic acids is 1. The number of aliphatic hydroxyl groups excluding tert-OH is 1. The monoisotopic (exact) mass is 469 g/mol. The van der Waals surface area contributed by atoms with E-state index in [0.717, 1.165) is 23.1 Å². The maximum absolute atomic E-state index is 12.9. The van der Waals surface area contributed by atoms with Crippen molar-refractivity contribution >= 4 is 22.6 Å². The van der Waals surface area contributed by atoms with Crippen molar-refractivity contribution in [3.8, 4) is 16.9 Å². The van der Waals surface area contributed by atoms with Gasteiger partial charge in [0.1, 0.15) is 5.75 Å². The van der Waals surface area contributed by atoms with Crippen molar-refractivity contribution in [2.45, 2.75) is 19.0 Å². The zero-order chi connectivity index (χ0) is 23.9. The van der Waals surface area contributed by atoms with Gasteiger partial charge in [0.05, 0.1) is 18.0 Å². The molecule has 0 saturated heterocycles. The number of benzene rings is 2. The van der Waals surface area contributed by atoms with Gasteiger partial charge in [0.25, 0.3) is 5.91 Å². The van der Waals surface area contributed by atoms with Crippen LogP contribution in [0.15, 0.2) is 54.7 Å². The summed E-state index contributed by atoms with van der Waals surface area (Å²) in [5.74, 6) is -0.827. The van der Waals surface area contributed by atoms with E-state index in [1.165, 1.54) is 12.1 Å². The molecule has 0 bridgehead atoms. The number of pyridine rings is 1. The minimum absolute atomic E-state index is 0.310. The van der Waals surface area contributed by atoms with Crippen LogP contribution >= 0.6 is 0 Å². The summed E-state index contributed by atoms with van der Waals surface area (Å²) in [6.07, 6.45) is -3.94. The molecular formula is C23H18F3N5O3. The number of carbonyl (C=O) groups is 1. The Morgan fingerprint density at radius 1 is 1.18 bits per heavy atom. The molecule has 1 aliphatic rings. The van der Waals surface area contributed by atoms with Crippen LogP contribution in [0, 0.1) is 0 Å². The fourth-order valence-corrected chi connectivity index (χ4v) is 4.03. The molecule has 0 aliphatic carbocycles. The van der Waals surface area contributed by atoms with Crippen LogP contribution in [0.1, 0.15) is 27.7 Å². The second kappa shape index (κ2) is 8.43. The van der Waals surface area contributed by atoms with Crippen LogP contribution in [0.25, 0.3) is 22.2 Å². The number of aliphatic hydroxyl groups is 1. The smallest absolute Gasteiger partial charge is 0.406 e. The van der Waals surface area contributed by atoms with Gasteiger partial charge in [0, 0.05) is 40.9 Å². The van der Waals surface area contributed by atoms with E-state index in [1.54, 1.807) is 24.4 Å². The molecule has 34 heavy (non-hydrogen) atoms. The highest BCUT2D eigenvalue weighted by Gasteiger charge is 2.31. The molecule has 3 heterocycles. The van der Waals surface area contributed by atoms with Gasteiger partial charge < -0.3 is 20.5 Å². The summed E-state index contributed by atoms with van der Waals surface area (Å²) < 4.78 is 40.9. The van der Waals surface area contributed by atoms with E-state index in [0.29, 0.717) is 46.8 Å². The van der Waals surface area contributed by atoms with Gasteiger partial charge in [-0.1, -0.05) is 12.1 Å². The largest absolute Gasteiger partial charge is 0.573 e. The van der Waals surface area contributed by atoms with Crippen molar-refractivity contribution in [3.05, 3.63) is 71.5 Å². The lowest BCUT2D eigenvalue weighted by Gasteiger charge is -2.25. The SMILES string of the molecule is O=C(Nc1ccc(OC(F)(F)F)cc1)c1cccc(-c2c3c(nc4[nH]ncc24)CNCC3O)c1. The van der Waals surface area contributed by atoms with E-state index >= 15 is 0 Å². The number of aromatic amines is 1. The van der Waals surface area contributed by atoms with Gasteiger partial charge >= 0.3 is 6.36 Å². The van der Waals surface area contributed by atoms with Crippen molar-refractivity contribution < 1.29 is 27.8 Å². The molecule has 0 saturated carbocycles. The standard InChI is InChI=1S/C23H18F3N5O3/c24-23(25,26)34-15-6-4-14(5-7-15)29-22(33)13-3-1-2-12(8-13)19-16-9-28-31-21(16)30-17-10-27-11-18(32)20(17)19/h1-9,18,27,32H,10-11H2,(H,29,33)(H,28,30,31). The summed E-state index contributed by atoms with van der Waals surface area (Å²) in [6.45, 7) is 0.863. The van der Waals surface area contributed by atoms with Crippen molar-refractivity contribution in [2.24, 2.45) is 0 Å². The predicted octanol–water partition coefficient (Wildman–Crippen LogP) is 3.91. The fourth-order valence-electron chi connectivity index (χ4n) is 4.03. The van der Waals surface area contributed by atoms with Gasteiger partial charge in [-0.05, 0) is 42.0 Å². The number of rotatable bonds is 4. The van der Waals surface area contributed by atoms with Crippen molar-refractivity contribution in [1.29, 1.82) is 0 Å². The highest BCUT2D eigenvalue weighted by molar-refractivity contribution is 6.06. The summed E-state index contributed by atoms with van der Waals surface area (Å²) in [6, 6.07) is 11.7. The number of nitrogens with one attached hydrogen (secondary N) is 3. The molecule has 1 aliphatic heterocycles. The average molecular weight is 469 g/mol. The van der Waals surface area contributed by atoms with Gasteiger partial charge in [-0.2, -0.15) is 5.10 Å². The Morgan fingerprint density at radius 2 is 1.97 bits per heavy atom. The molecule has 1 amide bonds. The first-order chi connectivity index (χ1) is 16.3. The molecule has 8 nitrogen and oxygen atoms in total. The number of alkyl halides is 3. The summed E-state index contributed by atoms with van der Waals surface area (Å²) >= 11 is 0. The van der Waals surface area contributed by atoms with Crippen molar-refractivity contribution in [2.75, 3.05) is 11.9 Å². The first kappa shape index (κ1) is 21.9. The zero-order valence-electron chi connectivity index (χ0n) is 17.5. The van der Waals surface area contributed by atoms with Crippen LogP contribution in [-0.4, -0.2) is 39.1 Å². The molecule has 0 radical (unpaired) electrons. The number of nitrogens with zero attached hydrogens (tertiary/aromatic N) is 2. The third kappa shape index (κ3) is 4.30. The van der Waals surface area contributed by atoms with Gasteiger partial charge in [-0.25, -0.2) is 4.98 Å². The number of H-pyrrole nitrogens is 1. The third-order valence-electron chi connectivity index (χ3n) is 5.44. The number of hydrogen-bond donors (Lipinski definition) is 4. The predicted molar refractivity (Wildman–Crippen MR) is 117 cm³/mol. The first-order valence-corrected chi connectivity index (χ1v) is 10.3. The number of ether oxygens (including phenoxy) is 1. The molecule has 5 rings (SSSR count). The van der Waals surface area contributed by atoms with E-state index in [1.807, 2.05) is 6.07 Å². The zero-order valence-corrected chi connectivity index (χ0v) is 17.5. The van der Waals surface area contributed by atoms with Gasteiger partial charge in [-0.3, -0.25) is 9.89 Å². The molecule has 0 spiro atoms. The Morgan fingerprint density at radius 3 is 2.74 bits per heavy atom. The van der Waals surface area contributed by atoms with Crippen LogP contribution in [0.2, 0.25) is 0 Å². The van der Waals surface area contributed by atoms with Gasteiger partial charge in [-0.15, -0.1) is 13.2 Å². The third-order valence-corrected chi connectivity index (χ3v) is 5.44. The van der Waals surface area contributed by atoms with E-state index in [2.05, 4.69) is 30.6 Å². The van der Waals surface area contributed by atoms with E-state index in [4.69, 9.17) is 0 Å². The Bertz CT molecular complexity index is 1370. The number of anilines is 1. The molecule has 1 atom stereocenters. The van der Waals surface area contributed by atoms with Crippen LogP contribution in [-0.2, 0) is 6.54 Å². The lowest BCUT2D eigenvalue weighted by atomic mass is 9.90. The number of aromatic nitrogens is 3. The Kier molecular flexibility index (Phi) is 5.42. The second-order valence-corrected chi connectivity index (χ2v) is 7.73. The molecule has 11 heteroatoms. The van der Waals surface area contributed by atoms with Crippen molar-refractivity contribution in [3.63, 3.8) is 0 Å².